The first-order chi connectivity index (χ1) is 13.5. The smallest absolute Gasteiger partial charge is 0.333 e. The van der Waals surface area contributed by atoms with E-state index >= 15 is 0 Å². The maximum absolute atomic E-state index is 12.6. The number of imidazole rings is 1. The van der Waals surface area contributed by atoms with E-state index in [4.69, 9.17) is 9.47 Å². The highest BCUT2D eigenvalue weighted by Gasteiger charge is 2.21. The minimum absolute atomic E-state index is 0.104. The van der Waals surface area contributed by atoms with Crippen LogP contribution in [0, 0.1) is 0 Å². The van der Waals surface area contributed by atoms with Crippen molar-refractivity contribution in [2.75, 3.05) is 25.6 Å². The average molecular weight is 391 g/mol. The van der Waals surface area contributed by atoms with Gasteiger partial charge in [0.05, 0.1) is 18.5 Å². The van der Waals surface area contributed by atoms with Crippen molar-refractivity contribution in [3.63, 3.8) is 0 Å². The third-order valence-electron chi connectivity index (χ3n) is 4.69. The number of aromatic nitrogens is 4. The van der Waals surface area contributed by atoms with Gasteiger partial charge < -0.3 is 19.2 Å². The predicted molar refractivity (Wildman–Crippen MR) is 96.0 cm³/mol. The van der Waals surface area contributed by atoms with Crippen LogP contribution in [0.4, 0.5) is 14.5 Å². The van der Waals surface area contributed by atoms with Crippen LogP contribution in [0.3, 0.4) is 0 Å². The summed E-state index contributed by atoms with van der Waals surface area (Å²) in [4.78, 5) is 17.0. The number of hydrogen-bond acceptors (Lipinski definition) is 5. The summed E-state index contributed by atoms with van der Waals surface area (Å²) in [6.07, 6.45) is 6.48. The largest absolute Gasteiger partial charge is 0.493 e. The van der Waals surface area contributed by atoms with Crippen molar-refractivity contribution >= 4 is 17.2 Å². The minimum Gasteiger partial charge on any atom is -0.493 e. The molecular formula is C18H19F2N5O3. The molecule has 0 bridgehead atoms. The molecule has 3 aromatic heterocycles. The van der Waals surface area contributed by atoms with E-state index in [1.165, 1.54) is 13.2 Å². The van der Waals surface area contributed by atoms with Gasteiger partial charge in [-0.25, -0.2) is 9.67 Å². The quantitative estimate of drug-likeness (QED) is 0.723. The number of carbonyl (C=O) groups excluding carboxylic acids is 1. The second kappa shape index (κ2) is 7.55. The fourth-order valence-corrected chi connectivity index (χ4v) is 3.26. The van der Waals surface area contributed by atoms with Crippen molar-refractivity contribution in [1.29, 1.82) is 0 Å². The molecular weight excluding hydrogens is 372 g/mol. The topological polar surface area (TPSA) is 82.7 Å². The fourth-order valence-electron chi connectivity index (χ4n) is 3.26. The highest BCUT2D eigenvalue weighted by molar-refractivity contribution is 6.02. The van der Waals surface area contributed by atoms with Crippen molar-refractivity contribution in [2.45, 2.75) is 25.3 Å². The lowest BCUT2D eigenvalue weighted by Crippen LogP contribution is -2.14. The van der Waals surface area contributed by atoms with Crippen LogP contribution < -0.4 is 10.1 Å². The van der Waals surface area contributed by atoms with Crippen molar-refractivity contribution in [3.8, 4) is 5.75 Å². The summed E-state index contributed by atoms with van der Waals surface area (Å²) in [6.45, 7) is -1.38. The van der Waals surface area contributed by atoms with Crippen molar-refractivity contribution in [3.05, 3.63) is 42.1 Å². The van der Waals surface area contributed by atoms with Gasteiger partial charge in [-0.15, -0.1) is 0 Å². The molecule has 1 fully saturated rings. The number of amides is 1. The SMILES string of the molecule is COc1cc(NC(=O)c2ccn(C(F)F)n2)cn2cc(C3CCOCC3)nc12. The van der Waals surface area contributed by atoms with E-state index in [0.717, 1.165) is 24.7 Å². The van der Waals surface area contributed by atoms with Gasteiger partial charge in [-0.2, -0.15) is 13.9 Å². The Balaban J connectivity index is 1.60. The molecule has 4 rings (SSSR count). The molecule has 0 radical (unpaired) electrons. The van der Waals surface area contributed by atoms with Crippen LogP contribution in [-0.4, -0.2) is 45.4 Å². The summed E-state index contributed by atoms with van der Waals surface area (Å²) >= 11 is 0. The number of halogens is 2. The molecule has 0 unspecified atom stereocenters. The molecule has 1 amide bonds. The summed E-state index contributed by atoms with van der Waals surface area (Å²) in [5.41, 5.74) is 1.93. The summed E-state index contributed by atoms with van der Waals surface area (Å²) in [6, 6.07) is 2.87. The molecule has 0 aliphatic carbocycles. The summed E-state index contributed by atoms with van der Waals surface area (Å²) in [5, 5.41) is 6.23. The van der Waals surface area contributed by atoms with E-state index in [1.807, 2.05) is 6.20 Å². The number of anilines is 1. The number of fused-ring (bicyclic) bond motifs is 1. The predicted octanol–water partition coefficient (Wildman–Crippen LogP) is 3.08. The third-order valence-corrected chi connectivity index (χ3v) is 4.69. The number of pyridine rings is 1. The maximum atomic E-state index is 12.6. The Bertz CT molecular complexity index is 994. The van der Waals surface area contributed by atoms with Gasteiger partial charge in [0.2, 0.25) is 0 Å². The Morgan fingerprint density at radius 2 is 2.14 bits per heavy atom. The molecule has 0 atom stereocenters. The highest BCUT2D eigenvalue weighted by atomic mass is 19.3. The Morgan fingerprint density at radius 3 is 2.82 bits per heavy atom. The average Bonchev–Trinajstić information content (AvgIpc) is 3.35. The Hall–Kier alpha value is -3.01. The van der Waals surface area contributed by atoms with Gasteiger partial charge >= 0.3 is 6.55 Å². The lowest BCUT2D eigenvalue weighted by molar-refractivity contribution is 0.0561. The first-order valence-corrected chi connectivity index (χ1v) is 8.84. The van der Waals surface area contributed by atoms with E-state index in [2.05, 4.69) is 15.4 Å². The molecule has 4 heterocycles. The molecule has 1 N–H and O–H groups in total. The van der Waals surface area contributed by atoms with Gasteiger partial charge in [0.15, 0.2) is 17.1 Å². The normalized spacial score (nSPS) is 15.3. The molecule has 0 aromatic carbocycles. The van der Waals surface area contributed by atoms with Crippen molar-refractivity contribution < 1.29 is 23.0 Å². The summed E-state index contributed by atoms with van der Waals surface area (Å²) in [5.74, 6) is 0.217. The van der Waals surface area contributed by atoms with Gasteiger partial charge in [0.25, 0.3) is 5.91 Å². The number of methoxy groups -OCH3 is 1. The van der Waals surface area contributed by atoms with E-state index in [0.29, 0.717) is 40.9 Å². The second-order valence-electron chi connectivity index (χ2n) is 6.49. The zero-order chi connectivity index (χ0) is 19.7. The van der Waals surface area contributed by atoms with E-state index < -0.39 is 12.5 Å². The number of carbonyl (C=O) groups is 1. The first kappa shape index (κ1) is 18.4. The monoisotopic (exact) mass is 391 g/mol. The maximum Gasteiger partial charge on any atom is 0.333 e. The van der Waals surface area contributed by atoms with E-state index in [1.54, 1.807) is 16.7 Å². The summed E-state index contributed by atoms with van der Waals surface area (Å²) < 4.78 is 38.3. The molecule has 28 heavy (non-hydrogen) atoms. The molecule has 1 aliphatic rings. The van der Waals surface area contributed by atoms with Gasteiger partial charge in [-0.05, 0) is 18.9 Å². The zero-order valence-electron chi connectivity index (χ0n) is 15.1. The van der Waals surface area contributed by atoms with E-state index in [-0.39, 0.29) is 5.69 Å². The number of hydrogen-bond donors (Lipinski definition) is 1. The highest BCUT2D eigenvalue weighted by Crippen LogP contribution is 2.30. The minimum atomic E-state index is -2.80. The van der Waals surface area contributed by atoms with Crippen molar-refractivity contribution in [2.24, 2.45) is 0 Å². The fraction of sp³-hybridized carbons (Fsp3) is 0.389. The number of rotatable bonds is 5. The van der Waals surface area contributed by atoms with Crippen LogP contribution in [0.1, 0.15) is 41.5 Å². The molecule has 148 valence electrons. The van der Waals surface area contributed by atoms with Gasteiger partial charge in [-0.1, -0.05) is 0 Å². The number of alkyl halides is 2. The third kappa shape index (κ3) is 3.55. The van der Waals surface area contributed by atoms with Crippen molar-refractivity contribution in [1.82, 2.24) is 19.2 Å². The summed E-state index contributed by atoms with van der Waals surface area (Å²) in [7, 11) is 1.52. The Kier molecular flexibility index (Phi) is 4.95. The molecule has 0 spiro atoms. The van der Waals surface area contributed by atoms with Gasteiger partial charge in [0.1, 0.15) is 0 Å². The lowest BCUT2D eigenvalue weighted by Gasteiger charge is -2.19. The second-order valence-corrected chi connectivity index (χ2v) is 6.49. The van der Waals surface area contributed by atoms with Crippen LogP contribution in [-0.2, 0) is 4.74 Å². The van der Waals surface area contributed by atoms with Crippen LogP contribution in [0.5, 0.6) is 5.75 Å². The first-order valence-electron chi connectivity index (χ1n) is 8.84. The standard InChI is InChI=1S/C18H19F2N5O3/c1-27-15-8-12(21-17(26)13-2-5-25(23-13)18(19)20)9-24-10-14(22-16(15)24)11-3-6-28-7-4-11/h2,5,8-11,18H,3-4,6-7H2,1H3,(H,21,26). The molecule has 0 saturated carbocycles. The van der Waals surface area contributed by atoms with Crippen LogP contribution >= 0.6 is 0 Å². The Morgan fingerprint density at radius 1 is 1.36 bits per heavy atom. The molecule has 8 nitrogen and oxygen atoms in total. The molecule has 1 saturated heterocycles. The molecule has 10 heteroatoms. The number of nitrogens with zero attached hydrogens (tertiary/aromatic N) is 4. The van der Waals surface area contributed by atoms with Gasteiger partial charge in [0, 0.05) is 43.8 Å². The zero-order valence-corrected chi connectivity index (χ0v) is 15.1. The molecule has 1 aliphatic heterocycles. The van der Waals surface area contributed by atoms with E-state index in [9.17, 15) is 13.6 Å². The lowest BCUT2D eigenvalue weighted by atomic mass is 9.97. The van der Waals surface area contributed by atoms with Gasteiger partial charge in [-0.3, -0.25) is 4.79 Å². The van der Waals surface area contributed by atoms with Crippen LogP contribution in [0.15, 0.2) is 30.7 Å². The number of ether oxygens (including phenoxy) is 2. The number of nitrogens with one attached hydrogen (secondary N) is 1. The van der Waals surface area contributed by atoms with Crippen LogP contribution in [0.25, 0.3) is 5.65 Å². The Labute approximate surface area is 159 Å². The molecule has 3 aromatic rings. The van der Waals surface area contributed by atoms with Crippen LogP contribution in [0.2, 0.25) is 0 Å².